The van der Waals surface area contributed by atoms with Crippen molar-refractivity contribution in [3.63, 3.8) is 0 Å². The van der Waals surface area contributed by atoms with Gasteiger partial charge in [0.25, 0.3) is 0 Å². The summed E-state index contributed by atoms with van der Waals surface area (Å²) >= 11 is 0. The second kappa shape index (κ2) is 47.7. The van der Waals surface area contributed by atoms with Crippen LogP contribution in [0.5, 0.6) is 0 Å². The Kier molecular flexibility index (Phi) is 43.7. The molecule has 2 rings (SSSR count). The Hall–Kier alpha value is -2.31. The molecule has 7 N–H and O–H groups in total. The second-order valence-corrected chi connectivity index (χ2v) is 20.8. The molecule has 0 aromatic rings. The van der Waals surface area contributed by atoms with Crippen molar-refractivity contribution in [3.05, 3.63) is 60.8 Å². The average Bonchev–Trinajstić information content (AvgIpc) is 3.41. The number of ether oxygens (including phenoxy) is 6. The molecule has 0 aromatic carbocycles. The number of aliphatic hydroxyl groups is 7. The van der Waals surface area contributed by atoms with E-state index < -0.39 is 80.7 Å². The number of rotatable bonds is 48. The number of carbonyl (C=O) groups excluding carboxylic acids is 1. The fraction of sp³-hybridized carbons (Fsp3) is 0.820. The van der Waals surface area contributed by atoms with Gasteiger partial charge in [0.1, 0.15) is 54.9 Å². The number of esters is 1. The summed E-state index contributed by atoms with van der Waals surface area (Å²) in [7, 11) is 0. The lowest BCUT2D eigenvalue weighted by Gasteiger charge is -2.42. The highest BCUT2D eigenvalue weighted by Gasteiger charge is 2.47. The Bertz CT molecular complexity index is 1470. The molecule has 2 aliphatic heterocycles. The van der Waals surface area contributed by atoms with E-state index in [1.54, 1.807) is 0 Å². The molecular formula is C61H108O14. The van der Waals surface area contributed by atoms with Gasteiger partial charge in [0.15, 0.2) is 12.6 Å². The van der Waals surface area contributed by atoms with Crippen LogP contribution in [0, 0.1) is 0 Å². The highest BCUT2D eigenvalue weighted by atomic mass is 16.7. The molecule has 0 saturated carbocycles. The number of carbonyl (C=O) groups is 1. The molecule has 11 atom stereocenters. The minimum atomic E-state index is -1.71. The summed E-state index contributed by atoms with van der Waals surface area (Å²) in [6.45, 7) is 3.64. The predicted molar refractivity (Wildman–Crippen MR) is 298 cm³/mol. The summed E-state index contributed by atoms with van der Waals surface area (Å²) in [5.74, 6) is -0.389. The molecule has 14 heteroatoms. The predicted octanol–water partition coefficient (Wildman–Crippen LogP) is 10.9. The van der Waals surface area contributed by atoms with Gasteiger partial charge in [0.2, 0.25) is 0 Å². The van der Waals surface area contributed by atoms with Gasteiger partial charge >= 0.3 is 5.97 Å². The minimum absolute atomic E-state index is 0.0523. The summed E-state index contributed by atoms with van der Waals surface area (Å²) in [5.41, 5.74) is 0. The van der Waals surface area contributed by atoms with Crippen molar-refractivity contribution < 1.29 is 69.0 Å². The van der Waals surface area contributed by atoms with Gasteiger partial charge in [0.05, 0.1) is 26.4 Å². The van der Waals surface area contributed by atoms with E-state index in [0.717, 1.165) is 77.0 Å². The molecule has 436 valence electrons. The van der Waals surface area contributed by atoms with Gasteiger partial charge in [0, 0.05) is 13.0 Å². The molecule has 0 radical (unpaired) electrons. The first-order valence-corrected chi connectivity index (χ1v) is 29.9. The van der Waals surface area contributed by atoms with Crippen LogP contribution in [0.2, 0.25) is 0 Å². The smallest absolute Gasteiger partial charge is 0.306 e. The molecule has 2 saturated heterocycles. The molecule has 0 aromatic heterocycles. The Morgan fingerprint density at radius 3 is 1.32 bits per heavy atom. The lowest BCUT2D eigenvalue weighted by molar-refractivity contribution is -0.332. The summed E-state index contributed by atoms with van der Waals surface area (Å²) in [4.78, 5) is 13.1. The number of hydrogen-bond donors (Lipinski definition) is 7. The van der Waals surface area contributed by atoms with E-state index in [1.165, 1.54) is 116 Å². The van der Waals surface area contributed by atoms with Gasteiger partial charge in [-0.1, -0.05) is 190 Å². The van der Waals surface area contributed by atoms with Crippen LogP contribution in [0.4, 0.5) is 0 Å². The minimum Gasteiger partial charge on any atom is -0.457 e. The van der Waals surface area contributed by atoms with Gasteiger partial charge in [-0.3, -0.25) is 4.79 Å². The molecule has 0 aliphatic carbocycles. The van der Waals surface area contributed by atoms with Crippen molar-refractivity contribution in [2.45, 2.75) is 287 Å². The molecule has 2 fully saturated rings. The third kappa shape index (κ3) is 34.3. The van der Waals surface area contributed by atoms with E-state index in [2.05, 4.69) is 74.6 Å². The number of unbranched alkanes of at least 4 members (excludes halogenated alkanes) is 24. The first kappa shape index (κ1) is 68.8. The van der Waals surface area contributed by atoms with E-state index in [0.29, 0.717) is 13.0 Å². The number of aliphatic hydroxyl groups excluding tert-OH is 7. The van der Waals surface area contributed by atoms with E-state index >= 15 is 0 Å². The Morgan fingerprint density at radius 2 is 0.827 bits per heavy atom. The van der Waals surface area contributed by atoms with E-state index in [9.17, 15) is 40.5 Å². The zero-order valence-electron chi connectivity index (χ0n) is 46.8. The van der Waals surface area contributed by atoms with Crippen LogP contribution < -0.4 is 0 Å². The van der Waals surface area contributed by atoms with Crippen LogP contribution in [-0.4, -0.2) is 142 Å². The first-order chi connectivity index (χ1) is 36.6. The zero-order valence-corrected chi connectivity index (χ0v) is 46.8. The van der Waals surface area contributed by atoms with E-state index in [4.69, 9.17) is 28.4 Å². The van der Waals surface area contributed by atoms with E-state index in [-0.39, 0.29) is 25.6 Å². The highest BCUT2D eigenvalue weighted by molar-refractivity contribution is 5.69. The average molecular weight is 1070 g/mol. The maximum atomic E-state index is 13.1. The summed E-state index contributed by atoms with van der Waals surface area (Å²) in [5, 5.41) is 72.4. The lowest BCUT2D eigenvalue weighted by Crippen LogP contribution is -2.61. The third-order valence-corrected chi connectivity index (χ3v) is 14.0. The topological polar surface area (TPSA) is 214 Å². The van der Waals surface area contributed by atoms with Gasteiger partial charge in [-0.15, -0.1) is 0 Å². The SMILES string of the molecule is CCCCC/C=C\C/C=C\CCCCCCCCCCCCOCC(COC1OC(COC2OC(CO)C(O)C(O)C2O)C(O)C(O)C1O)OC(=O)CCCCCCCC/C=C\C/C=C\C/C=C\CCCCCCC. The molecule has 14 nitrogen and oxygen atoms in total. The fourth-order valence-electron chi connectivity index (χ4n) is 9.15. The summed E-state index contributed by atoms with van der Waals surface area (Å²) < 4.78 is 34.4. The molecule has 75 heavy (non-hydrogen) atoms. The maximum absolute atomic E-state index is 13.1. The van der Waals surface area contributed by atoms with Crippen LogP contribution >= 0.6 is 0 Å². The van der Waals surface area contributed by atoms with Gasteiger partial charge in [-0.05, 0) is 83.5 Å². The van der Waals surface area contributed by atoms with Crippen molar-refractivity contribution in [2.24, 2.45) is 0 Å². The quantitative estimate of drug-likeness (QED) is 0.0172. The monoisotopic (exact) mass is 1060 g/mol. The molecule has 2 aliphatic rings. The highest BCUT2D eigenvalue weighted by Crippen LogP contribution is 2.27. The van der Waals surface area contributed by atoms with Crippen molar-refractivity contribution >= 4 is 5.97 Å². The number of allylic oxidation sites excluding steroid dienone is 10. The van der Waals surface area contributed by atoms with Crippen LogP contribution in [0.15, 0.2) is 60.8 Å². The number of hydrogen-bond acceptors (Lipinski definition) is 14. The standard InChI is InChI=1S/C61H108O14/c1-3-5-7-9-11-13-15-17-19-21-23-25-26-28-30-32-34-36-38-40-42-44-53(63)73-50(47-70-45-43-41-39-37-35-33-31-29-27-24-22-20-18-16-14-12-10-8-6-4-2)48-71-60-59(69)57(67)55(65)52(75-60)49-72-61-58(68)56(66)54(64)51(46-62)74-61/h12,14-15,17-18,20-21,23,26,28,50-52,54-62,64-69H,3-11,13,16,19,22,24-25,27,29-49H2,1-2H3/b14-12-,17-15-,20-18-,23-21-,28-26-. The summed E-state index contributed by atoms with van der Waals surface area (Å²) in [6.07, 6.45) is 42.7. The molecule has 0 bridgehead atoms. The first-order valence-electron chi connectivity index (χ1n) is 29.9. The van der Waals surface area contributed by atoms with Crippen molar-refractivity contribution in [1.29, 1.82) is 0 Å². The van der Waals surface area contributed by atoms with Crippen LogP contribution in [0.3, 0.4) is 0 Å². The Labute approximate surface area is 454 Å². The Morgan fingerprint density at radius 1 is 0.440 bits per heavy atom. The van der Waals surface area contributed by atoms with Gasteiger partial charge in [-0.2, -0.15) is 0 Å². The lowest BCUT2D eigenvalue weighted by atomic mass is 9.98. The van der Waals surface area contributed by atoms with E-state index in [1.807, 2.05) is 0 Å². The van der Waals surface area contributed by atoms with Crippen molar-refractivity contribution in [2.75, 3.05) is 33.0 Å². The largest absolute Gasteiger partial charge is 0.457 e. The molecule has 0 amide bonds. The van der Waals surface area contributed by atoms with Crippen molar-refractivity contribution in [1.82, 2.24) is 0 Å². The zero-order chi connectivity index (χ0) is 54.4. The molecule has 2 heterocycles. The van der Waals surface area contributed by atoms with Gasteiger partial charge < -0.3 is 64.2 Å². The Balaban J connectivity index is 1.72. The second-order valence-electron chi connectivity index (χ2n) is 20.8. The van der Waals surface area contributed by atoms with Gasteiger partial charge in [-0.25, -0.2) is 0 Å². The molecule has 0 spiro atoms. The maximum Gasteiger partial charge on any atom is 0.306 e. The van der Waals surface area contributed by atoms with Crippen molar-refractivity contribution in [3.8, 4) is 0 Å². The summed E-state index contributed by atoms with van der Waals surface area (Å²) in [6, 6.07) is 0. The van der Waals surface area contributed by atoms with Crippen LogP contribution in [0.25, 0.3) is 0 Å². The normalized spacial score (nSPS) is 25.0. The van der Waals surface area contributed by atoms with Crippen LogP contribution in [0.1, 0.15) is 219 Å². The van der Waals surface area contributed by atoms with Crippen LogP contribution in [-0.2, 0) is 33.2 Å². The molecule has 11 unspecified atom stereocenters. The fourth-order valence-corrected chi connectivity index (χ4v) is 9.15. The molecular weight excluding hydrogens is 957 g/mol. The third-order valence-electron chi connectivity index (χ3n) is 14.0.